The van der Waals surface area contributed by atoms with E-state index in [-0.39, 0.29) is 0 Å². The molecule has 3 heteroatoms. The molecular weight excluding hydrogens is 284 g/mol. The van der Waals surface area contributed by atoms with Gasteiger partial charge in [-0.15, -0.1) is 11.3 Å². The van der Waals surface area contributed by atoms with Crippen LogP contribution in [0.4, 0.5) is 0 Å². The normalized spacial score (nSPS) is 19.8. The number of alkyl halides is 1. The zero-order valence-corrected chi connectivity index (χ0v) is 12.0. The van der Waals surface area contributed by atoms with Gasteiger partial charge in [0.05, 0.1) is 13.2 Å². The molecule has 1 heterocycles. The first-order valence-corrected chi connectivity index (χ1v) is 8.01. The Balaban J connectivity index is 1.78. The Morgan fingerprint density at radius 2 is 2.12 bits per heavy atom. The quantitative estimate of drug-likeness (QED) is 0.722. The van der Waals surface area contributed by atoms with Gasteiger partial charge in [0.15, 0.2) is 0 Å². The molecule has 0 saturated heterocycles. The van der Waals surface area contributed by atoms with E-state index in [0.717, 1.165) is 18.5 Å². The molecule has 0 amide bonds. The summed E-state index contributed by atoms with van der Waals surface area (Å²) in [5.74, 6) is 0. The highest BCUT2D eigenvalue weighted by Gasteiger charge is 2.31. The molecule has 1 saturated carbocycles. The van der Waals surface area contributed by atoms with Crippen molar-refractivity contribution >= 4 is 27.3 Å². The summed E-state index contributed by atoms with van der Waals surface area (Å²) in [7, 11) is 0. The van der Waals surface area contributed by atoms with E-state index in [0.29, 0.717) is 5.41 Å². The Bertz CT molecular complexity index is 291. The number of hydrogen-bond donors (Lipinski definition) is 0. The number of thiophene rings is 1. The first-order valence-electron chi connectivity index (χ1n) is 6.01. The SMILES string of the molecule is BrCC1(COCc2cccs2)CCCCC1. The molecule has 0 unspecified atom stereocenters. The highest BCUT2D eigenvalue weighted by atomic mass is 79.9. The lowest BCUT2D eigenvalue weighted by atomic mass is 9.76. The first-order chi connectivity index (χ1) is 7.85. The van der Waals surface area contributed by atoms with Gasteiger partial charge in [-0.25, -0.2) is 0 Å². The zero-order valence-electron chi connectivity index (χ0n) is 9.58. The third-order valence-electron chi connectivity index (χ3n) is 3.43. The van der Waals surface area contributed by atoms with Crippen LogP contribution >= 0.6 is 27.3 Å². The van der Waals surface area contributed by atoms with E-state index in [2.05, 4.69) is 33.4 Å². The van der Waals surface area contributed by atoms with Crippen molar-refractivity contribution in [2.24, 2.45) is 5.41 Å². The summed E-state index contributed by atoms with van der Waals surface area (Å²) in [5.41, 5.74) is 0.412. The van der Waals surface area contributed by atoms with Crippen molar-refractivity contribution in [1.29, 1.82) is 0 Å². The van der Waals surface area contributed by atoms with Crippen LogP contribution < -0.4 is 0 Å². The third kappa shape index (κ3) is 3.31. The lowest BCUT2D eigenvalue weighted by Crippen LogP contribution is -2.31. The molecule has 1 aromatic heterocycles. The van der Waals surface area contributed by atoms with Gasteiger partial charge >= 0.3 is 0 Å². The van der Waals surface area contributed by atoms with Gasteiger partial charge in [0, 0.05) is 15.6 Å². The van der Waals surface area contributed by atoms with Crippen LogP contribution in [0, 0.1) is 5.41 Å². The summed E-state index contributed by atoms with van der Waals surface area (Å²) in [5, 5.41) is 3.20. The molecule has 0 aromatic carbocycles. The Morgan fingerprint density at radius 3 is 2.75 bits per heavy atom. The van der Waals surface area contributed by atoms with Gasteiger partial charge in [0.2, 0.25) is 0 Å². The van der Waals surface area contributed by atoms with Crippen LogP contribution in [0.15, 0.2) is 17.5 Å². The van der Waals surface area contributed by atoms with Gasteiger partial charge in [-0.2, -0.15) is 0 Å². The van der Waals surface area contributed by atoms with Crippen LogP contribution in [0.1, 0.15) is 37.0 Å². The fourth-order valence-corrected chi connectivity index (χ4v) is 3.74. The zero-order chi connectivity index (χ0) is 11.3. The molecule has 0 atom stereocenters. The molecule has 1 aromatic rings. The average molecular weight is 303 g/mol. The standard InChI is InChI=1S/C13H19BrOS/c14-10-13(6-2-1-3-7-13)11-15-9-12-5-4-8-16-12/h4-5,8H,1-3,6-7,9-11H2. The van der Waals surface area contributed by atoms with E-state index in [9.17, 15) is 0 Å². The molecule has 2 rings (SSSR count). The molecule has 1 fully saturated rings. The molecule has 0 spiro atoms. The van der Waals surface area contributed by atoms with Crippen molar-refractivity contribution < 1.29 is 4.74 Å². The van der Waals surface area contributed by atoms with E-state index in [4.69, 9.17) is 4.74 Å². The fraction of sp³-hybridized carbons (Fsp3) is 0.692. The van der Waals surface area contributed by atoms with Gasteiger partial charge in [0.25, 0.3) is 0 Å². The minimum atomic E-state index is 0.412. The number of hydrogen-bond acceptors (Lipinski definition) is 2. The van der Waals surface area contributed by atoms with E-state index in [1.165, 1.54) is 37.0 Å². The van der Waals surface area contributed by atoms with Crippen LogP contribution in [-0.2, 0) is 11.3 Å². The van der Waals surface area contributed by atoms with Crippen LogP contribution in [0.25, 0.3) is 0 Å². The fourth-order valence-electron chi connectivity index (χ4n) is 2.38. The van der Waals surface area contributed by atoms with E-state index < -0.39 is 0 Å². The second kappa shape index (κ2) is 6.18. The molecular formula is C13H19BrOS. The predicted octanol–water partition coefficient (Wildman–Crippen LogP) is 4.61. The molecule has 1 aliphatic carbocycles. The van der Waals surface area contributed by atoms with E-state index in [1.807, 2.05) is 0 Å². The minimum absolute atomic E-state index is 0.412. The second-order valence-corrected chi connectivity index (χ2v) is 6.36. The predicted molar refractivity (Wildman–Crippen MR) is 73.3 cm³/mol. The topological polar surface area (TPSA) is 9.23 Å². The third-order valence-corrected chi connectivity index (χ3v) is 5.47. The maximum absolute atomic E-state index is 5.89. The summed E-state index contributed by atoms with van der Waals surface area (Å²) in [6.07, 6.45) is 6.78. The summed E-state index contributed by atoms with van der Waals surface area (Å²) in [6.45, 7) is 1.70. The Morgan fingerprint density at radius 1 is 1.31 bits per heavy atom. The Kier molecular flexibility index (Phi) is 4.86. The lowest BCUT2D eigenvalue weighted by molar-refractivity contribution is 0.0267. The summed E-state index contributed by atoms with van der Waals surface area (Å²) >= 11 is 5.45. The molecule has 1 nitrogen and oxygen atoms in total. The largest absolute Gasteiger partial charge is 0.375 e. The molecule has 0 bridgehead atoms. The lowest BCUT2D eigenvalue weighted by Gasteiger charge is -2.35. The van der Waals surface area contributed by atoms with Crippen molar-refractivity contribution in [1.82, 2.24) is 0 Å². The van der Waals surface area contributed by atoms with Crippen molar-refractivity contribution in [3.63, 3.8) is 0 Å². The molecule has 0 radical (unpaired) electrons. The van der Waals surface area contributed by atoms with Crippen molar-refractivity contribution in [3.05, 3.63) is 22.4 Å². The van der Waals surface area contributed by atoms with Crippen LogP contribution in [0.5, 0.6) is 0 Å². The van der Waals surface area contributed by atoms with Gasteiger partial charge < -0.3 is 4.74 Å². The van der Waals surface area contributed by atoms with Gasteiger partial charge in [-0.3, -0.25) is 0 Å². The maximum atomic E-state index is 5.89. The maximum Gasteiger partial charge on any atom is 0.0809 e. The number of rotatable bonds is 5. The van der Waals surface area contributed by atoms with Crippen LogP contribution in [-0.4, -0.2) is 11.9 Å². The summed E-state index contributed by atoms with van der Waals surface area (Å²) < 4.78 is 5.89. The minimum Gasteiger partial charge on any atom is -0.375 e. The van der Waals surface area contributed by atoms with Crippen LogP contribution in [0.2, 0.25) is 0 Å². The Labute approximate surface area is 110 Å². The monoisotopic (exact) mass is 302 g/mol. The Hall–Kier alpha value is 0.140. The molecule has 0 N–H and O–H groups in total. The molecule has 0 aliphatic heterocycles. The summed E-state index contributed by atoms with van der Waals surface area (Å²) in [4.78, 5) is 1.33. The molecule has 16 heavy (non-hydrogen) atoms. The second-order valence-electron chi connectivity index (χ2n) is 4.77. The van der Waals surface area contributed by atoms with Gasteiger partial charge in [-0.05, 0) is 24.3 Å². The number of ether oxygens (including phenoxy) is 1. The summed E-state index contributed by atoms with van der Waals surface area (Å²) in [6, 6.07) is 4.23. The molecule has 1 aliphatic rings. The smallest absolute Gasteiger partial charge is 0.0809 e. The highest BCUT2D eigenvalue weighted by Crippen LogP contribution is 2.38. The van der Waals surface area contributed by atoms with Crippen molar-refractivity contribution in [2.75, 3.05) is 11.9 Å². The average Bonchev–Trinajstić information content (AvgIpc) is 2.83. The van der Waals surface area contributed by atoms with Crippen molar-refractivity contribution in [2.45, 2.75) is 38.7 Å². The molecule has 90 valence electrons. The van der Waals surface area contributed by atoms with E-state index >= 15 is 0 Å². The highest BCUT2D eigenvalue weighted by molar-refractivity contribution is 9.09. The van der Waals surface area contributed by atoms with E-state index in [1.54, 1.807) is 11.3 Å². The van der Waals surface area contributed by atoms with Crippen LogP contribution in [0.3, 0.4) is 0 Å². The van der Waals surface area contributed by atoms with Gasteiger partial charge in [-0.1, -0.05) is 41.3 Å². The first kappa shape index (κ1) is 12.6. The van der Waals surface area contributed by atoms with Crippen molar-refractivity contribution in [3.8, 4) is 0 Å². The number of halogens is 1. The van der Waals surface area contributed by atoms with Gasteiger partial charge in [0.1, 0.15) is 0 Å².